The standard InChI is InChI=1S/C22H32N2O3/c1-17-4-6-18(7-5-17)21(26)24-11-8-22(9-12-24)13-20(27-16-22)15-23-10-2-3-19(25)14-23/h4-7,19-20,25H,2-3,8-16H2,1H3/t19-,20-/m1/s1. The van der Waals surface area contributed by atoms with Gasteiger partial charge in [-0.15, -0.1) is 0 Å². The molecule has 148 valence electrons. The summed E-state index contributed by atoms with van der Waals surface area (Å²) in [6.45, 7) is 7.30. The van der Waals surface area contributed by atoms with Crippen molar-refractivity contribution in [2.45, 2.75) is 51.2 Å². The van der Waals surface area contributed by atoms with E-state index in [0.717, 1.165) is 77.0 Å². The van der Waals surface area contributed by atoms with E-state index in [1.165, 1.54) is 5.56 Å². The van der Waals surface area contributed by atoms with E-state index in [-0.39, 0.29) is 23.5 Å². The summed E-state index contributed by atoms with van der Waals surface area (Å²) in [6, 6.07) is 7.88. The summed E-state index contributed by atoms with van der Waals surface area (Å²) < 4.78 is 6.15. The van der Waals surface area contributed by atoms with Crippen molar-refractivity contribution in [1.29, 1.82) is 0 Å². The van der Waals surface area contributed by atoms with E-state index in [1.54, 1.807) is 0 Å². The van der Waals surface area contributed by atoms with Crippen LogP contribution in [-0.2, 0) is 4.74 Å². The van der Waals surface area contributed by atoms with Crippen LogP contribution in [0.25, 0.3) is 0 Å². The fraction of sp³-hybridized carbons (Fsp3) is 0.682. The minimum Gasteiger partial charge on any atom is -0.392 e. The molecule has 5 heteroatoms. The van der Waals surface area contributed by atoms with E-state index in [9.17, 15) is 9.90 Å². The molecule has 4 rings (SSSR count). The number of hydrogen-bond donors (Lipinski definition) is 1. The third-order valence-electron chi connectivity index (χ3n) is 6.64. The molecule has 1 aromatic carbocycles. The number of piperidine rings is 2. The minimum absolute atomic E-state index is 0.155. The van der Waals surface area contributed by atoms with E-state index < -0.39 is 0 Å². The Labute approximate surface area is 162 Å². The van der Waals surface area contributed by atoms with Gasteiger partial charge >= 0.3 is 0 Å². The second-order valence-corrected chi connectivity index (χ2v) is 8.85. The Morgan fingerprint density at radius 1 is 1.22 bits per heavy atom. The SMILES string of the molecule is Cc1ccc(C(=O)N2CCC3(CC2)CO[C@@H](CN2CCC[C@@H](O)C2)C3)cc1. The maximum atomic E-state index is 12.7. The summed E-state index contributed by atoms with van der Waals surface area (Å²) in [4.78, 5) is 17.1. The highest BCUT2D eigenvalue weighted by Crippen LogP contribution is 2.42. The second kappa shape index (κ2) is 7.90. The zero-order valence-corrected chi connectivity index (χ0v) is 16.4. The summed E-state index contributed by atoms with van der Waals surface area (Å²) >= 11 is 0. The van der Waals surface area contributed by atoms with Crippen molar-refractivity contribution >= 4 is 5.91 Å². The van der Waals surface area contributed by atoms with Crippen molar-refractivity contribution < 1.29 is 14.6 Å². The lowest BCUT2D eigenvalue weighted by Gasteiger charge is -2.38. The number of hydrogen-bond acceptors (Lipinski definition) is 4. The number of carbonyl (C=O) groups is 1. The van der Waals surface area contributed by atoms with Gasteiger partial charge in [0.1, 0.15) is 0 Å². The number of β-amino-alcohol motifs (C(OH)–C–C–N with tert-alkyl or cyclic N) is 1. The number of benzene rings is 1. The molecule has 2 atom stereocenters. The molecule has 1 N–H and O–H groups in total. The first-order valence-corrected chi connectivity index (χ1v) is 10.4. The van der Waals surface area contributed by atoms with Crippen molar-refractivity contribution in [2.24, 2.45) is 5.41 Å². The molecule has 3 saturated heterocycles. The van der Waals surface area contributed by atoms with E-state index in [1.807, 2.05) is 36.1 Å². The first kappa shape index (κ1) is 18.9. The van der Waals surface area contributed by atoms with Crippen LogP contribution in [0.2, 0.25) is 0 Å². The Morgan fingerprint density at radius 3 is 2.67 bits per heavy atom. The monoisotopic (exact) mass is 372 g/mol. The molecule has 1 spiro atoms. The molecule has 3 aliphatic heterocycles. The van der Waals surface area contributed by atoms with Gasteiger partial charge in [-0.2, -0.15) is 0 Å². The van der Waals surface area contributed by atoms with Crippen molar-refractivity contribution in [2.75, 3.05) is 39.3 Å². The molecule has 0 aliphatic carbocycles. The summed E-state index contributed by atoms with van der Waals surface area (Å²) in [7, 11) is 0. The van der Waals surface area contributed by atoms with Crippen molar-refractivity contribution in [3.05, 3.63) is 35.4 Å². The highest BCUT2D eigenvalue weighted by atomic mass is 16.5. The van der Waals surface area contributed by atoms with Crippen LogP contribution in [0.1, 0.15) is 48.0 Å². The van der Waals surface area contributed by atoms with Crippen LogP contribution in [0, 0.1) is 12.3 Å². The summed E-state index contributed by atoms with van der Waals surface area (Å²) in [5.74, 6) is 0.155. The first-order valence-electron chi connectivity index (χ1n) is 10.4. The number of carbonyl (C=O) groups excluding carboxylic acids is 1. The number of nitrogens with zero attached hydrogens (tertiary/aromatic N) is 2. The molecular weight excluding hydrogens is 340 g/mol. The van der Waals surface area contributed by atoms with Crippen LogP contribution >= 0.6 is 0 Å². The van der Waals surface area contributed by atoms with Crippen LogP contribution in [0.3, 0.4) is 0 Å². The van der Waals surface area contributed by atoms with Gasteiger partial charge in [-0.05, 0) is 63.1 Å². The Hall–Kier alpha value is -1.43. The van der Waals surface area contributed by atoms with Crippen LogP contribution in [0.15, 0.2) is 24.3 Å². The molecule has 3 heterocycles. The van der Waals surface area contributed by atoms with E-state index >= 15 is 0 Å². The highest BCUT2D eigenvalue weighted by Gasteiger charge is 2.43. The van der Waals surface area contributed by atoms with Crippen LogP contribution in [0.5, 0.6) is 0 Å². The molecule has 3 fully saturated rings. The first-order chi connectivity index (χ1) is 13.0. The van der Waals surface area contributed by atoms with Gasteiger partial charge in [-0.25, -0.2) is 0 Å². The number of ether oxygens (including phenoxy) is 1. The quantitative estimate of drug-likeness (QED) is 0.886. The van der Waals surface area contributed by atoms with Gasteiger partial charge < -0.3 is 14.7 Å². The van der Waals surface area contributed by atoms with Crippen molar-refractivity contribution in [1.82, 2.24) is 9.80 Å². The molecular formula is C22H32N2O3. The molecule has 0 aromatic heterocycles. The fourth-order valence-corrected chi connectivity index (χ4v) is 4.91. The van der Waals surface area contributed by atoms with Gasteiger partial charge in [-0.1, -0.05) is 17.7 Å². The van der Waals surface area contributed by atoms with E-state index in [0.29, 0.717) is 0 Å². The van der Waals surface area contributed by atoms with E-state index in [2.05, 4.69) is 4.90 Å². The normalized spacial score (nSPS) is 28.6. The molecule has 5 nitrogen and oxygen atoms in total. The lowest BCUT2D eigenvalue weighted by atomic mass is 9.76. The smallest absolute Gasteiger partial charge is 0.253 e. The van der Waals surface area contributed by atoms with Crippen LogP contribution in [-0.4, -0.2) is 72.4 Å². The number of rotatable bonds is 3. The maximum absolute atomic E-state index is 12.7. The number of aryl methyl sites for hydroxylation is 1. The molecule has 0 radical (unpaired) electrons. The van der Waals surface area contributed by atoms with Gasteiger partial charge in [-0.3, -0.25) is 9.69 Å². The van der Waals surface area contributed by atoms with Gasteiger partial charge in [0.25, 0.3) is 5.91 Å². The van der Waals surface area contributed by atoms with Gasteiger partial charge in [0.15, 0.2) is 0 Å². The van der Waals surface area contributed by atoms with Gasteiger partial charge in [0.2, 0.25) is 0 Å². The minimum atomic E-state index is -0.176. The van der Waals surface area contributed by atoms with Gasteiger partial charge in [0, 0.05) is 31.7 Å². The predicted octanol–water partition coefficient (Wildman–Crippen LogP) is 2.46. The average molecular weight is 373 g/mol. The van der Waals surface area contributed by atoms with Crippen molar-refractivity contribution in [3.63, 3.8) is 0 Å². The third kappa shape index (κ3) is 4.36. The molecule has 3 aliphatic rings. The Balaban J connectivity index is 1.28. The Morgan fingerprint density at radius 2 is 1.96 bits per heavy atom. The predicted molar refractivity (Wildman–Crippen MR) is 105 cm³/mol. The lowest BCUT2D eigenvalue weighted by Crippen LogP contribution is -2.44. The van der Waals surface area contributed by atoms with Crippen LogP contribution < -0.4 is 0 Å². The fourth-order valence-electron chi connectivity index (χ4n) is 4.91. The number of aliphatic hydroxyl groups excluding tert-OH is 1. The average Bonchev–Trinajstić information content (AvgIpc) is 3.04. The largest absolute Gasteiger partial charge is 0.392 e. The maximum Gasteiger partial charge on any atom is 0.253 e. The second-order valence-electron chi connectivity index (χ2n) is 8.85. The number of likely N-dealkylation sites (tertiary alicyclic amines) is 2. The highest BCUT2D eigenvalue weighted by molar-refractivity contribution is 5.94. The molecule has 27 heavy (non-hydrogen) atoms. The lowest BCUT2D eigenvalue weighted by molar-refractivity contribution is 0.0227. The van der Waals surface area contributed by atoms with Crippen LogP contribution in [0.4, 0.5) is 0 Å². The molecule has 0 saturated carbocycles. The Bertz CT molecular complexity index is 652. The van der Waals surface area contributed by atoms with Gasteiger partial charge in [0.05, 0.1) is 18.8 Å². The zero-order valence-electron chi connectivity index (χ0n) is 16.4. The third-order valence-corrected chi connectivity index (χ3v) is 6.64. The molecule has 1 aromatic rings. The number of aliphatic hydroxyl groups is 1. The summed E-state index contributed by atoms with van der Waals surface area (Å²) in [5, 5.41) is 9.87. The summed E-state index contributed by atoms with van der Waals surface area (Å²) in [5.41, 5.74) is 2.21. The molecule has 0 bridgehead atoms. The topological polar surface area (TPSA) is 53.0 Å². The summed E-state index contributed by atoms with van der Waals surface area (Å²) in [6.07, 6.45) is 5.26. The Kier molecular flexibility index (Phi) is 5.53. The van der Waals surface area contributed by atoms with Crippen molar-refractivity contribution in [3.8, 4) is 0 Å². The molecule has 0 unspecified atom stereocenters. The molecule has 1 amide bonds. The zero-order chi connectivity index (χ0) is 18.9. The number of amides is 1. The van der Waals surface area contributed by atoms with E-state index in [4.69, 9.17) is 4.74 Å².